The molecule has 0 saturated carbocycles. The number of carboxylic acid groups (broad SMARTS) is 2. The summed E-state index contributed by atoms with van der Waals surface area (Å²) < 4.78 is 0. The molecule has 60 valence electrons. The fraction of sp³-hybridized carbons (Fsp3) is 0.143. The number of carbonyl (C=O) groups is 2. The van der Waals surface area contributed by atoms with E-state index in [-0.39, 0.29) is 5.57 Å². The standard InChI is InChI=1S/C7H8O4/c1-2-3-5(7(10)11)4-6(8)9/h2-4H,1H3,(H,8,9)(H,10,11)/b3-2?,5-4-. The van der Waals surface area contributed by atoms with Gasteiger partial charge in [-0.2, -0.15) is 0 Å². The van der Waals surface area contributed by atoms with E-state index in [1.54, 1.807) is 6.92 Å². The van der Waals surface area contributed by atoms with Gasteiger partial charge in [-0.1, -0.05) is 12.2 Å². The first-order valence-electron chi connectivity index (χ1n) is 2.88. The molecular formula is C7H8O4. The largest absolute Gasteiger partial charge is 0.478 e. The van der Waals surface area contributed by atoms with E-state index >= 15 is 0 Å². The molecular weight excluding hydrogens is 148 g/mol. The minimum absolute atomic E-state index is 0.236. The highest BCUT2D eigenvalue weighted by atomic mass is 16.4. The molecule has 0 aliphatic carbocycles. The zero-order valence-corrected chi connectivity index (χ0v) is 5.94. The molecule has 0 spiro atoms. The van der Waals surface area contributed by atoms with Crippen LogP contribution < -0.4 is 0 Å². The summed E-state index contributed by atoms with van der Waals surface area (Å²) in [5, 5.41) is 16.6. The van der Waals surface area contributed by atoms with E-state index in [2.05, 4.69) is 0 Å². The van der Waals surface area contributed by atoms with Crippen molar-refractivity contribution in [2.75, 3.05) is 0 Å². The van der Waals surface area contributed by atoms with Gasteiger partial charge in [-0.05, 0) is 6.92 Å². The maximum absolute atomic E-state index is 10.2. The molecule has 0 aliphatic heterocycles. The van der Waals surface area contributed by atoms with E-state index in [9.17, 15) is 9.59 Å². The van der Waals surface area contributed by atoms with Crippen LogP contribution in [0.3, 0.4) is 0 Å². The third-order valence-electron chi connectivity index (χ3n) is 0.872. The normalized spacial score (nSPS) is 11.9. The molecule has 0 aromatic rings. The van der Waals surface area contributed by atoms with Crippen molar-refractivity contribution in [1.29, 1.82) is 0 Å². The summed E-state index contributed by atoms with van der Waals surface area (Å²) >= 11 is 0. The Bertz CT molecular complexity index is 225. The lowest BCUT2D eigenvalue weighted by Gasteiger charge is -1.89. The lowest BCUT2D eigenvalue weighted by Crippen LogP contribution is -2.01. The Morgan fingerprint density at radius 2 is 1.82 bits per heavy atom. The van der Waals surface area contributed by atoms with Gasteiger partial charge in [0.15, 0.2) is 0 Å². The molecule has 4 heteroatoms. The summed E-state index contributed by atoms with van der Waals surface area (Å²) in [6.07, 6.45) is 3.32. The fourth-order valence-corrected chi connectivity index (χ4v) is 0.494. The van der Waals surface area contributed by atoms with E-state index in [4.69, 9.17) is 10.2 Å². The molecule has 0 atom stereocenters. The van der Waals surface area contributed by atoms with Crippen molar-refractivity contribution < 1.29 is 19.8 Å². The summed E-state index contributed by atoms with van der Waals surface area (Å²) in [5.74, 6) is -2.51. The van der Waals surface area contributed by atoms with Gasteiger partial charge in [-0.3, -0.25) is 0 Å². The van der Waals surface area contributed by atoms with Crippen LogP contribution in [-0.2, 0) is 9.59 Å². The summed E-state index contributed by atoms with van der Waals surface area (Å²) in [5.41, 5.74) is -0.236. The zero-order chi connectivity index (χ0) is 8.85. The Hall–Kier alpha value is -1.58. The molecule has 0 aromatic heterocycles. The Kier molecular flexibility index (Phi) is 3.66. The number of hydrogen-bond donors (Lipinski definition) is 2. The third-order valence-corrected chi connectivity index (χ3v) is 0.872. The fourth-order valence-electron chi connectivity index (χ4n) is 0.494. The van der Waals surface area contributed by atoms with Gasteiger partial charge in [0.25, 0.3) is 0 Å². The molecule has 0 bridgehead atoms. The number of hydrogen-bond acceptors (Lipinski definition) is 2. The minimum Gasteiger partial charge on any atom is -0.478 e. The number of carboxylic acids is 2. The molecule has 11 heavy (non-hydrogen) atoms. The van der Waals surface area contributed by atoms with Gasteiger partial charge in [-0.15, -0.1) is 0 Å². The second-order valence-electron chi connectivity index (χ2n) is 1.74. The van der Waals surface area contributed by atoms with E-state index in [0.29, 0.717) is 6.08 Å². The highest BCUT2D eigenvalue weighted by Crippen LogP contribution is 1.96. The molecule has 0 amide bonds. The first-order chi connectivity index (χ1) is 5.07. The van der Waals surface area contributed by atoms with E-state index < -0.39 is 11.9 Å². The monoisotopic (exact) mass is 156 g/mol. The van der Waals surface area contributed by atoms with Gasteiger partial charge >= 0.3 is 11.9 Å². The van der Waals surface area contributed by atoms with Crippen molar-refractivity contribution in [3.8, 4) is 0 Å². The highest BCUT2D eigenvalue weighted by Gasteiger charge is 2.03. The van der Waals surface area contributed by atoms with Crippen molar-refractivity contribution in [2.24, 2.45) is 0 Å². The molecule has 0 heterocycles. The van der Waals surface area contributed by atoms with Crippen LogP contribution in [0.25, 0.3) is 0 Å². The van der Waals surface area contributed by atoms with Crippen LogP contribution in [0.5, 0.6) is 0 Å². The van der Waals surface area contributed by atoms with Gasteiger partial charge in [0, 0.05) is 6.08 Å². The maximum atomic E-state index is 10.2. The topological polar surface area (TPSA) is 74.6 Å². The number of rotatable bonds is 3. The average Bonchev–Trinajstić information content (AvgIpc) is 1.86. The molecule has 0 radical (unpaired) electrons. The van der Waals surface area contributed by atoms with Crippen LogP contribution in [0.1, 0.15) is 6.92 Å². The molecule has 0 saturated heterocycles. The van der Waals surface area contributed by atoms with Crippen LogP contribution in [0.4, 0.5) is 0 Å². The predicted octanol–water partition coefficient (Wildman–Crippen LogP) is 0.658. The molecule has 4 nitrogen and oxygen atoms in total. The zero-order valence-electron chi connectivity index (χ0n) is 5.94. The van der Waals surface area contributed by atoms with Crippen LogP contribution in [0.15, 0.2) is 23.8 Å². The number of aliphatic carboxylic acids is 2. The summed E-state index contributed by atoms with van der Waals surface area (Å²) in [6.45, 7) is 1.61. The van der Waals surface area contributed by atoms with Crippen LogP contribution in [0.2, 0.25) is 0 Å². The van der Waals surface area contributed by atoms with Crippen molar-refractivity contribution in [2.45, 2.75) is 6.92 Å². The van der Waals surface area contributed by atoms with Gasteiger partial charge in [0.05, 0.1) is 5.57 Å². The van der Waals surface area contributed by atoms with Gasteiger partial charge in [-0.25, -0.2) is 9.59 Å². The van der Waals surface area contributed by atoms with Crippen molar-refractivity contribution >= 4 is 11.9 Å². The van der Waals surface area contributed by atoms with E-state index in [0.717, 1.165) is 0 Å². The Labute approximate surface area is 63.5 Å². The molecule has 0 rings (SSSR count). The van der Waals surface area contributed by atoms with Crippen LogP contribution in [-0.4, -0.2) is 22.2 Å². The van der Waals surface area contributed by atoms with Gasteiger partial charge in [0.2, 0.25) is 0 Å². The van der Waals surface area contributed by atoms with Crippen LogP contribution in [0, 0.1) is 0 Å². The maximum Gasteiger partial charge on any atom is 0.335 e. The first kappa shape index (κ1) is 9.42. The average molecular weight is 156 g/mol. The summed E-state index contributed by atoms with van der Waals surface area (Å²) in [7, 11) is 0. The molecule has 0 unspecified atom stereocenters. The van der Waals surface area contributed by atoms with E-state index in [1.807, 2.05) is 0 Å². The van der Waals surface area contributed by atoms with Crippen LogP contribution >= 0.6 is 0 Å². The van der Waals surface area contributed by atoms with Crippen molar-refractivity contribution in [3.63, 3.8) is 0 Å². The summed E-state index contributed by atoms with van der Waals surface area (Å²) in [4.78, 5) is 20.3. The quantitative estimate of drug-likeness (QED) is 0.465. The van der Waals surface area contributed by atoms with Gasteiger partial charge < -0.3 is 10.2 Å². The lowest BCUT2D eigenvalue weighted by molar-refractivity contribution is -0.134. The molecule has 0 aromatic carbocycles. The second-order valence-corrected chi connectivity index (χ2v) is 1.74. The molecule has 0 aliphatic rings. The van der Waals surface area contributed by atoms with E-state index in [1.165, 1.54) is 12.2 Å². The Balaban J connectivity index is 4.59. The minimum atomic E-state index is -1.26. The second kappa shape index (κ2) is 4.27. The first-order valence-corrected chi connectivity index (χ1v) is 2.88. The third kappa shape index (κ3) is 3.91. The Morgan fingerprint density at radius 1 is 1.27 bits per heavy atom. The number of allylic oxidation sites excluding steroid dienone is 1. The molecule has 2 N–H and O–H groups in total. The van der Waals surface area contributed by atoms with Gasteiger partial charge in [0.1, 0.15) is 0 Å². The predicted molar refractivity (Wildman–Crippen MR) is 38.2 cm³/mol. The summed E-state index contributed by atoms with van der Waals surface area (Å²) in [6, 6.07) is 0. The molecule has 0 fully saturated rings. The van der Waals surface area contributed by atoms with Crippen molar-refractivity contribution in [1.82, 2.24) is 0 Å². The lowest BCUT2D eigenvalue weighted by atomic mass is 10.2. The van der Waals surface area contributed by atoms with Crippen molar-refractivity contribution in [3.05, 3.63) is 23.8 Å². The highest BCUT2D eigenvalue weighted by molar-refractivity contribution is 5.96. The SMILES string of the molecule is CC=C/C(=C/C(=O)O)C(=O)O. The smallest absolute Gasteiger partial charge is 0.335 e. The Morgan fingerprint density at radius 3 is 2.09 bits per heavy atom.